The Labute approximate surface area is 175 Å². The molecule has 0 saturated heterocycles. The maximum absolute atomic E-state index is 13.3. The molecule has 7 nitrogen and oxygen atoms in total. The van der Waals surface area contributed by atoms with E-state index in [2.05, 4.69) is 5.32 Å². The molecule has 31 heavy (non-hydrogen) atoms. The third-order valence-electron chi connectivity index (χ3n) is 5.22. The van der Waals surface area contributed by atoms with E-state index in [-0.39, 0.29) is 17.8 Å². The van der Waals surface area contributed by atoms with Crippen LogP contribution in [-0.2, 0) is 16.0 Å². The highest BCUT2D eigenvalue weighted by molar-refractivity contribution is 6.02. The first-order valence-electron chi connectivity index (χ1n) is 9.50. The number of furan rings is 1. The van der Waals surface area contributed by atoms with Gasteiger partial charge in [0.2, 0.25) is 5.91 Å². The monoisotopic (exact) mass is 423 g/mol. The second-order valence-corrected chi connectivity index (χ2v) is 7.30. The predicted octanol–water partition coefficient (Wildman–Crippen LogP) is 3.79. The predicted molar refractivity (Wildman–Crippen MR) is 111 cm³/mol. The third kappa shape index (κ3) is 3.79. The van der Waals surface area contributed by atoms with Crippen molar-refractivity contribution in [1.29, 1.82) is 0 Å². The molecule has 1 atom stereocenters. The van der Waals surface area contributed by atoms with E-state index in [1.54, 1.807) is 37.5 Å². The number of nitrogens with one attached hydrogen (secondary N) is 1. The van der Waals surface area contributed by atoms with Crippen LogP contribution in [0, 0.1) is 12.7 Å². The quantitative estimate of drug-likeness (QED) is 0.473. The van der Waals surface area contributed by atoms with Crippen molar-refractivity contribution >= 4 is 33.8 Å². The second-order valence-electron chi connectivity index (χ2n) is 7.30. The molecule has 0 aliphatic carbocycles. The van der Waals surface area contributed by atoms with Crippen LogP contribution in [0.15, 0.2) is 56.3 Å². The Kier molecular flexibility index (Phi) is 5.06. The number of rotatable bonds is 5. The Morgan fingerprint density at radius 3 is 2.52 bits per heavy atom. The molecule has 4 rings (SSSR count). The molecule has 0 fully saturated rings. The van der Waals surface area contributed by atoms with Crippen LogP contribution in [0.3, 0.4) is 0 Å². The smallest absolute Gasteiger partial charge is 0.340 e. The summed E-state index contributed by atoms with van der Waals surface area (Å²) in [6.45, 7) is 3.04. The topological polar surface area (TPSA) is 110 Å². The summed E-state index contributed by atoms with van der Waals surface area (Å²) in [5, 5.41) is 12.6. The van der Waals surface area contributed by atoms with Crippen LogP contribution in [0.25, 0.3) is 33.1 Å². The minimum absolute atomic E-state index is 0.147. The molecule has 0 radical (unpaired) electrons. The number of carbonyl (C=O) groups excluding carboxylic acids is 1. The zero-order valence-electron chi connectivity index (χ0n) is 16.7. The molecule has 0 spiro atoms. The zero-order valence-corrected chi connectivity index (χ0v) is 16.7. The molecular formula is C23H18FNO6. The molecular weight excluding hydrogens is 405 g/mol. The normalized spacial score (nSPS) is 12.2. The van der Waals surface area contributed by atoms with E-state index in [1.807, 2.05) is 0 Å². The number of carbonyl (C=O) groups is 2. The molecule has 0 bridgehead atoms. The Morgan fingerprint density at radius 1 is 1.13 bits per heavy atom. The fourth-order valence-electron chi connectivity index (χ4n) is 3.48. The molecule has 158 valence electrons. The summed E-state index contributed by atoms with van der Waals surface area (Å²) in [4.78, 5) is 35.6. The molecule has 2 aromatic heterocycles. The SMILES string of the molecule is Cc1c(CC(=O)N[C@H](C)C(=O)O)c(=O)oc2cc3occ(-c4ccc(F)cc4)c3cc12. The third-order valence-corrected chi connectivity index (χ3v) is 5.22. The van der Waals surface area contributed by atoms with E-state index in [1.165, 1.54) is 19.1 Å². The summed E-state index contributed by atoms with van der Waals surface area (Å²) in [5.74, 6) is -2.12. The highest BCUT2D eigenvalue weighted by atomic mass is 19.1. The first-order chi connectivity index (χ1) is 14.7. The lowest BCUT2D eigenvalue weighted by molar-refractivity contribution is -0.141. The lowest BCUT2D eigenvalue weighted by atomic mass is 9.99. The van der Waals surface area contributed by atoms with E-state index < -0.39 is 23.5 Å². The minimum Gasteiger partial charge on any atom is -0.480 e. The molecule has 2 heterocycles. The number of benzene rings is 2. The number of halogens is 1. The van der Waals surface area contributed by atoms with Gasteiger partial charge in [-0.3, -0.25) is 9.59 Å². The van der Waals surface area contributed by atoms with Crippen LogP contribution >= 0.6 is 0 Å². The summed E-state index contributed by atoms with van der Waals surface area (Å²) in [7, 11) is 0. The van der Waals surface area contributed by atoms with E-state index >= 15 is 0 Å². The van der Waals surface area contributed by atoms with Crippen molar-refractivity contribution in [3.05, 3.63) is 70.0 Å². The highest BCUT2D eigenvalue weighted by Crippen LogP contribution is 2.34. The summed E-state index contributed by atoms with van der Waals surface area (Å²) < 4.78 is 24.3. The first-order valence-corrected chi connectivity index (χ1v) is 9.50. The molecule has 0 saturated carbocycles. The lowest BCUT2D eigenvalue weighted by Crippen LogP contribution is -2.39. The van der Waals surface area contributed by atoms with E-state index in [4.69, 9.17) is 13.9 Å². The van der Waals surface area contributed by atoms with Gasteiger partial charge in [-0.2, -0.15) is 0 Å². The van der Waals surface area contributed by atoms with Crippen molar-refractivity contribution in [2.45, 2.75) is 26.3 Å². The van der Waals surface area contributed by atoms with Crippen molar-refractivity contribution in [2.24, 2.45) is 0 Å². The Balaban J connectivity index is 1.79. The maximum Gasteiger partial charge on any atom is 0.340 e. The van der Waals surface area contributed by atoms with Crippen LogP contribution in [0.1, 0.15) is 18.1 Å². The van der Waals surface area contributed by atoms with E-state index in [9.17, 15) is 18.8 Å². The molecule has 1 amide bonds. The second kappa shape index (κ2) is 7.71. The molecule has 2 N–H and O–H groups in total. The minimum atomic E-state index is -1.17. The first kappa shape index (κ1) is 20.3. The fourth-order valence-corrected chi connectivity index (χ4v) is 3.48. The van der Waals surface area contributed by atoms with Gasteiger partial charge in [-0.25, -0.2) is 9.18 Å². The van der Waals surface area contributed by atoms with Gasteiger partial charge in [0.05, 0.1) is 18.2 Å². The van der Waals surface area contributed by atoms with Crippen LogP contribution in [-0.4, -0.2) is 23.0 Å². The van der Waals surface area contributed by atoms with Crippen LogP contribution in [0.5, 0.6) is 0 Å². The fraction of sp³-hybridized carbons (Fsp3) is 0.174. The largest absolute Gasteiger partial charge is 0.480 e. The van der Waals surface area contributed by atoms with Gasteiger partial charge in [0.25, 0.3) is 0 Å². The van der Waals surface area contributed by atoms with Gasteiger partial charge in [-0.1, -0.05) is 12.1 Å². The Hall–Kier alpha value is -3.94. The van der Waals surface area contributed by atoms with E-state index in [0.717, 1.165) is 16.5 Å². The van der Waals surface area contributed by atoms with Crippen molar-refractivity contribution in [3.63, 3.8) is 0 Å². The van der Waals surface area contributed by atoms with Gasteiger partial charge >= 0.3 is 11.6 Å². The zero-order chi connectivity index (χ0) is 22.3. The molecule has 8 heteroatoms. The van der Waals surface area contributed by atoms with Gasteiger partial charge in [0.15, 0.2) is 0 Å². The average molecular weight is 423 g/mol. The van der Waals surface area contributed by atoms with Gasteiger partial charge in [-0.15, -0.1) is 0 Å². The number of carboxylic acid groups (broad SMARTS) is 1. The number of carboxylic acids is 1. The lowest BCUT2D eigenvalue weighted by Gasteiger charge is -2.11. The molecule has 2 aromatic carbocycles. The van der Waals surface area contributed by atoms with Crippen molar-refractivity contribution in [3.8, 4) is 11.1 Å². The summed E-state index contributed by atoms with van der Waals surface area (Å²) in [5.41, 5.74) is 2.33. The number of aryl methyl sites for hydroxylation is 1. The summed E-state index contributed by atoms with van der Waals surface area (Å²) in [6, 6.07) is 8.31. The molecule has 0 aliphatic heterocycles. The highest BCUT2D eigenvalue weighted by Gasteiger charge is 2.20. The average Bonchev–Trinajstić information content (AvgIpc) is 3.13. The number of hydrogen-bond donors (Lipinski definition) is 2. The van der Waals surface area contributed by atoms with Crippen molar-refractivity contribution in [2.75, 3.05) is 0 Å². The number of fused-ring (bicyclic) bond motifs is 2. The number of amides is 1. The Morgan fingerprint density at radius 2 is 1.84 bits per heavy atom. The van der Waals surface area contributed by atoms with Crippen LogP contribution < -0.4 is 10.9 Å². The van der Waals surface area contributed by atoms with Crippen LogP contribution in [0.4, 0.5) is 4.39 Å². The van der Waals surface area contributed by atoms with Gasteiger partial charge < -0.3 is 19.3 Å². The number of aliphatic carboxylic acids is 1. The van der Waals surface area contributed by atoms with Gasteiger partial charge in [0, 0.05) is 22.4 Å². The summed E-state index contributed by atoms with van der Waals surface area (Å²) in [6.07, 6.45) is 1.24. The number of hydrogen-bond acceptors (Lipinski definition) is 5. The van der Waals surface area contributed by atoms with Crippen LogP contribution in [0.2, 0.25) is 0 Å². The molecule has 0 aliphatic rings. The van der Waals surface area contributed by atoms with Crippen molar-refractivity contribution in [1.82, 2.24) is 5.32 Å². The Bertz CT molecular complexity index is 1380. The van der Waals surface area contributed by atoms with Gasteiger partial charge in [0.1, 0.15) is 23.0 Å². The molecule has 0 unspecified atom stereocenters. The molecule has 4 aromatic rings. The van der Waals surface area contributed by atoms with Gasteiger partial charge in [-0.05, 0) is 43.2 Å². The maximum atomic E-state index is 13.3. The van der Waals surface area contributed by atoms with Crippen molar-refractivity contribution < 1.29 is 27.9 Å². The van der Waals surface area contributed by atoms with E-state index in [0.29, 0.717) is 22.1 Å². The standard InChI is InChI=1S/C23H18FNO6/c1-11-15-7-17-18(13-3-5-14(24)6-4-13)10-30-19(17)9-20(15)31-23(29)16(11)8-21(26)25-12(2)22(27)28/h3-7,9-10,12H,8H2,1-2H3,(H,25,26)(H,27,28)/t12-/m1/s1. The summed E-state index contributed by atoms with van der Waals surface area (Å²) >= 11 is 0.